The zero-order valence-corrected chi connectivity index (χ0v) is 31.2. The van der Waals surface area contributed by atoms with Crippen LogP contribution in [0.2, 0.25) is 0 Å². The monoisotopic (exact) mass is 958 g/mol. The molecule has 0 heterocycles. The van der Waals surface area contributed by atoms with Crippen molar-refractivity contribution in [3.63, 3.8) is 0 Å². The molecule has 3 N–H and O–H groups in total. The number of carboxylic acids is 1. The molecule has 0 saturated heterocycles. The van der Waals surface area contributed by atoms with Crippen LogP contribution in [0, 0.1) is 16.1 Å². The number of halogens is 3. The van der Waals surface area contributed by atoms with E-state index in [2.05, 4.69) is 10.6 Å². The molecule has 244 valence electrons. The number of rotatable bonds is 17. The van der Waals surface area contributed by atoms with Crippen molar-refractivity contribution >= 4 is 121 Å². The number of carboxylic acid groups (broad SMARTS) is 1. The van der Waals surface area contributed by atoms with Crippen LogP contribution < -0.4 is 10.6 Å². The van der Waals surface area contributed by atoms with Gasteiger partial charge in [-0.25, -0.2) is 0 Å². The summed E-state index contributed by atoms with van der Waals surface area (Å²) in [5, 5.41) is 16.9. The summed E-state index contributed by atoms with van der Waals surface area (Å²) in [6.45, 7) is 7.22. The highest BCUT2D eigenvalue weighted by Gasteiger charge is 2.57. The van der Waals surface area contributed by atoms with Crippen LogP contribution in [0.25, 0.3) is 0 Å². The molecule has 0 saturated carbocycles. The van der Waals surface area contributed by atoms with E-state index >= 15 is 0 Å². The van der Waals surface area contributed by atoms with Crippen molar-refractivity contribution in [2.45, 2.75) is 60.2 Å². The van der Waals surface area contributed by atoms with Crippen molar-refractivity contribution in [2.75, 3.05) is 36.9 Å². The average molecular weight is 958 g/mol. The number of carbonyl (C=O) groups is 7. The van der Waals surface area contributed by atoms with Gasteiger partial charge in [0.1, 0.15) is 13.2 Å². The quantitative estimate of drug-likeness (QED) is 0.0677. The minimum absolute atomic E-state index is 0.00780. The molecule has 1 rings (SSSR count). The Morgan fingerprint density at radius 2 is 1.05 bits per heavy atom. The molecule has 0 aromatic heterocycles. The third-order valence-electron chi connectivity index (χ3n) is 5.90. The molecule has 0 aliphatic carbocycles. The fraction of sp³-hybridized carbons (Fsp3) is 0.519. The molecule has 0 amide bonds. The summed E-state index contributed by atoms with van der Waals surface area (Å²) in [7, 11) is 0. The highest BCUT2D eigenvalue weighted by atomic mass is 127. The topological polar surface area (TPSA) is 201 Å². The van der Waals surface area contributed by atoms with Gasteiger partial charge >= 0.3 is 29.8 Å². The second-order valence-corrected chi connectivity index (χ2v) is 12.6. The fourth-order valence-electron chi connectivity index (χ4n) is 4.07. The lowest BCUT2D eigenvalue weighted by molar-refractivity contribution is -0.173. The number of aliphatic carboxylic acids is 1. The van der Waals surface area contributed by atoms with E-state index in [4.69, 9.17) is 18.9 Å². The zero-order chi connectivity index (χ0) is 33.9. The Bertz CT molecular complexity index is 1230. The molecule has 0 aliphatic rings. The number of Topliss-reactive ketones (excluding diaryl/α,β-unsaturated/α-hetero) is 2. The third kappa shape index (κ3) is 10.7. The van der Waals surface area contributed by atoms with Crippen molar-refractivity contribution in [3.05, 3.63) is 16.3 Å². The normalized spacial score (nSPS) is 13.4. The van der Waals surface area contributed by atoms with E-state index in [9.17, 15) is 38.7 Å². The van der Waals surface area contributed by atoms with Gasteiger partial charge in [0, 0.05) is 54.3 Å². The van der Waals surface area contributed by atoms with Gasteiger partial charge in [-0.05, 0) is 87.2 Å². The number of hydrogen-bond acceptors (Lipinski definition) is 13. The minimum atomic E-state index is -2.85. The number of carbonyl (C=O) groups excluding carboxylic acids is 6. The van der Waals surface area contributed by atoms with Crippen LogP contribution in [-0.2, 0) is 58.9 Å². The third-order valence-corrected chi connectivity index (χ3v) is 9.36. The number of benzene rings is 1. The number of anilines is 2. The molecule has 1 aromatic carbocycles. The second-order valence-electron chi connectivity index (χ2n) is 9.32. The maximum Gasteiger partial charge on any atom is 0.325 e. The lowest BCUT2D eigenvalue weighted by Gasteiger charge is -2.32. The molecule has 0 radical (unpaired) electrons. The van der Waals surface area contributed by atoms with Gasteiger partial charge in [-0.3, -0.25) is 33.6 Å². The summed E-state index contributed by atoms with van der Waals surface area (Å²) in [6, 6.07) is 0. The predicted molar refractivity (Wildman–Crippen MR) is 181 cm³/mol. The van der Waals surface area contributed by atoms with Gasteiger partial charge in [0.15, 0.2) is 29.2 Å². The van der Waals surface area contributed by atoms with Gasteiger partial charge in [0.05, 0.1) is 14.9 Å². The Morgan fingerprint density at radius 1 is 0.682 bits per heavy atom. The molecule has 14 nitrogen and oxygen atoms in total. The van der Waals surface area contributed by atoms with Crippen LogP contribution in [0.15, 0.2) is 0 Å². The van der Waals surface area contributed by atoms with E-state index in [0.29, 0.717) is 22.1 Å². The summed E-state index contributed by atoms with van der Waals surface area (Å²) < 4.78 is 21.5. The van der Waals surface area contributed by atoms with Crippen molar-refractivity contribution in [1.82, 2.24) is 0 Å². The van der Waals surface area contributed by atoms with Crippen LogP contribution in [0.1, 0.15) is 47.1 Å². The molecule has 2 atom stereocenters. The SMILES string of the molecule is CC(=O)OCCNc1c(I)c(CC(C(=O)O)(C(=O)C(C)OC(C)=O)C(=O)C(C)OC(C)=O)c(I)c(NCCOC(C)=O)c1I. The van der Waals surface area contributed by atoms with Gasteiger partial charge in [-0.2, -0.15) is 0 Å². The summed E-state index contributed by atoms with van der Waals surface area (Å²) in [4.78, 5) is 86.5. The smallest absolute Gasteiger partial charge is 0.325 e. The number of ketones is 2. The highest BCUT2D eigenvalue weighted by molar-refractivity contribution is 14.1. The molecule has 0 fully saturated rings. The van der Waals surface area contributed by atoms with Gasteiger partial charge in [0.2, 0.25) is 0 Å². The van der Waals surface area contributed by atoms with Gasteiger partial charge in [-0.1, -0.05) is 0 Å². The van der Waals surface area contributed by atoms with Crippen molar-refractivity contribution in [2.24, 2.45) is 5.41 Å². The van der Waals surface area contributed by atoms with E-state index in [-0.39, 0.29) is 31.9 Å². The standard InChI is InChI=1S/C27H33I3N2O12/c1-12(43-16(5)35)24(37)27(26(39)40,25(38)13(2)44-17(6)36)11-18-19(28)22(31-7-9-41-14(3)33)21(30)23(20(18)29)32-8-10-42-15(4)34/h12-13,31-32H,7-11H2,1-6H3,(H,39,40). The molecule has 0 bridgehead atoms. The molecule has 0 spiro atoms. The Morgan fingerprint density at radius 3 is 1.34 bits per heavy atom. The number of hydrogen-bond donors (Lipinski definition) is 3. The molecule has 2 unspecified atom stereocenters. The van der Waals surface area contributed by atoms with E-state index in [1.807, 2.05) is 67.8 Å². The van der Waals surface area contributed by atoms with E-state index in [0.717, 1.165) is 27.7 Å². The summed E-state index contributed by atoms with van der Waals surface area (Å²) in [6.07, 6.45) is -3.99. The van der Waals surface area contributed by atoms with Gasteiger partial charge in [0.25, 0.3) is 0 Å². The van der Waals surface area contributed by atoms with Crippen LogP contribution in [-0.4, -0.2) is 85.0 Å². The van der Waals surface area contributed by atoms with Crippen molar-refractivity contribution in [3.8, 4) is 0 Å². The Kier molecular flexibility index (Phi) is 16.2. The average Bonchev–Trinajstić information content (AvgIpc) is 2.90. The first-order chi connectivity index (χ1) is 20.4. The Labute approximate surface area is 294 Å². The number of ether oxygens (including phenoxy) is 4. The van der Waals surface area contributed by atoms with Crippen LogP contribution in [0.5, 0.6) is 0 Å². The van der Waals surface area contributed by atoms with Gasteiger partial charge in [-0.15, -0.1) is 0 Å². The minimum Gasteiger partial charge on any atom is -0.480 e. The first kappa shape index (κ1) is 39.7. The van der Waals surface area contributed by atoms with E-state index in [1.54, 1.807) is 0 Å². The van der Waals surface area contributed by atoms with E-state index < -0.39 is 65.5 Å². The predicted octanol–water partition coefficient (Wildman–Crippen LogP) is 3.11. The lowest BCUT2D eigenvalue weighted by Crippen LogP contribution is -2.56. The lowest BCUT2D eigenvalue weighted by atomic mass is 9.71. The molecule has 44 heavy (non-hydrogen) atoms. The molecule has 17 heteroatoms. The first-order valence-electron chi connectivity index (χ1n) is 13.0. The van der Waals surface area contributed by atoms with Crippen molar-refractivity contribution < 1.29 is 57.6 Å². The highest BCUT2D eigenvalue weighted by Crippen LogP contribution is 2.42. The van der Waals surface area contributed by atoms with Gasteiger partial charge < -0.3 is 34.7 Å². The summed E-state index contributed by atoms with van der Waals surface area (Å²) >= 11 is 5.95. The fourth-order valence-corrected chi connectivity index (χ4v) is 8.38. The molecular weight excluding hydrogens is 925 g/mol. The molecule has 0 aliphatic heterocycles. The van der Waals surface area contributed by atoms with Crippen LogP contribution in [0.4, 0.5) is 11.4 Å². The zero-order valence-electron chi connectivity index (χ0n) is 24.8. The number of esters is 4. The van der Waals surface area contributed by atoms with Crippen LogP contribution >= 0.6 is 67.8 Å². The maximum atomic E-state index is 13.8. The maximum absolute atomic E-state index is 13.8. The molecular formula is C27H33I3N2O12. The largest absolute Gasteiger partial charge is 0.480 e. The summed E-state index contributed by atoms with van der Waals surface area (Å²) in [5.41, 5.74) is -1.64. The molecule has 1 aromatic rings. The second kappa shape index (κ2) is 18.0. The summed E-state index contributed by atoms with van der Waals surface area (Å²) in [5.74, 6) is -6.99. The Balaban J connectivity index is 3.94. The van der Waals surface area contributed by atoms with Crippen molar-refractivity contribution in [1.29, 1.82) is 0 Å². The van der Waals surface area contributed by atoms with E-state index in [1.165, 1.54) is 13.8 Å². The van der Waals surface area contributed by atoms with Crippen LogP contribution in [0.3, 0.4) is 0 Å². The first-order valence-corrected chi connectivity index (χ1v) is 16.2. The Hall–Kier alpha value is -2.30. The number of nitrogens with one attached hydrogen (secondary N) is 2.